The van der Waals surface area contributed by atoms with Crippen molar-refractivity contribution in [3.8, 4) is 5.88 Å². The summed E-state index contributed by atoms with van der Waals surface area (Å²) in [6.45, 7) is 8.28. The first-order chi connectivity index (χ1) is 9.19. The molecule has 2 aromatic rings. The number of hydrogen-bond acceptors (Lipinski definition) is 4. The van der Waals surface area contributed by atoms with Gasteiger partial charge in [0.25, 0.3) is 0 Å². The van der Waals surface area contributed by atoms with Gasteiger partial charge in [0.15, 0.2) is 0 Å². The lowest BCUT2D eigenvalue weighted by atomic mass is 10.3. The highest BCUT2D eigenvalue weighted by Gasteiger charge is 2.06. The summed E-state index contributed by atoms with van der Waals surface area (Å²) in [7, 11) is 0. The summed E-state index contributed by atoms with van der Waals surface area (Å²) in [6, 6.07) is 3.82. The molecule has 5 nitrogen and oxygen atoms in total. The van der Waals surface area contributed by atoms with E-state index in [9.17, 15) is 0 Å². The van der Waals surface area contributed by atoms with Crippen molar-refractivity contribution in [3.05, 3.63) is 42.9 Å². The number of anilines is 1. The van der Waals surface area contributed by atoms with Crippen LogP contribution in [0.4, 0.5) is 5.69 Å². The Kier molecular flexibility index (Phi) is 4.18. The summed E-state index contributed by atoms with van der Waals surface area (Å²) in [6.07, 6.45) is 7.19. The lowest BCUT2D eigenvalue weighted by Gasteiger charge is -2.13. The topological polar surface area (TPSA) is 52.0 Å². The Hall–Kier alpha value is -2.30. The lowest BCUT2D eigenvalue weighted by Crippen LogP contribution is -2.09. The van der Waals surface area contributed by atoms with Gasteiger partial charge < -0.3 is 10.1 Å². The summed E-state index contributed by atoms with van der Waals surface area (Å²) < 4.78 is 7.32. The van der Waals surface area contributed by atoms with E-state index in [-0.39, 0.29) is 6.10 Å². The molecule has 5 heteroatoms. The summed E-state index contributed by atoms with van der Waals surface area (Å²) in [5.41, 5.74) is 1.95. The van der Waals surface area contributed by atoms with E-state index in [4.69, 9.17) is 4.74 Å². The van der Waals surface area contributed by atoms with E-state index in [1.54, 1.807) is 23.3 Å². The van der Waals surface area contributed by atoms with Crippen molar-refractivity contribution in [3.63, 3.8) is 0 Å². The number of nitrogens with one attached hydrogen (secondary N) is 1. The van der Waals surface area contributed by atoms with E-state index in [0.717, 1.165) is 11.3 Å². The van der Waals surface area contributed by atoms with Crippen molar-refractivity contribution >= 4 is 11.9 Å². The fraction of sp³-hybridized carbons (Fsp3) is 0.286. The molecule has 0 unspecified atom stereocenters. The second-order valence-corrected chi connectivity index (χ2v) is 4.39. The maximum Gasteiger partial charge on any atom is 0.237 e. The summed E-state index contributed by atoms with van der Waals surface area (Å²) in [5.74, 6) is 0.619. The van der Waals surface area contributed by atoms with Gasteiger partial charge in [-0.25, -0.2) is 9.67 Å². The molecular formula is C14H18N4O. The van der Waals surface area contributed by atoms with E-state index >= 15 is 0 Å². The van der Waals surface area contributed by atoms with E-state index in [2.05, 4.69) is 22.0 Å². The van der Waals surface area contributed by atoms with E-state index in [1.165, 1.54) is 0 Å². The van der Waals surface area contributed by atoms with Crippen LogP contribution < -0.4 is 10.1 Å². The quantitative estimate of drug-likeness (QED) is 0.865. The molecule has 2 aromatic heterocycles. The number of ether oxygens (including phenoxy) is 1. The third-order valence-corrected chi connectivity index (χ3v) is 2.44. The van der Waals surface area contributed by atoms with Crippen molar-refractivity contribution in [2.45, 2.75) is 26.5 Å². The average molecular weight is 258 g/mol. The Morgan fingerprint density at radius 3 is 3.05 bits per heavy atom. The predicted octanol–water partition coefficient (Wildman–Crippen LogP) is 2.78. The van der Waals surface area contributed by atoms with Gasteiger partial charge in [-0.2, -0.15) is 5.10 Å². The van der Waals surface area contributed by atoms with Crippen LogP contribution in [0.15, 0.2) is 37.3 Å². The molecule has 0 spiro atoms. The van der Waals surface area contributed by atoms with E-state index in [1.807, 2.05) is 32.2 Å². The van der Waals surface area contributed by atoms with Gasteiger partial charge in [0.05, 0.1) is 18.0 Å². The van der Waals surface area contributed by atoms with Crippen LogP contribution in [-0.4, -0.2) is 20.9 Å². The molecule has 0 bridgehead atoms. The smallest absolute Gasteiger partial charge is 0.237 e. The standard InChI is InChI=1S/C14H18N4O/c1-4-18-10-12(9-17-18)8-16-13-6-5-7-15-14(13)19-11(2)3/h4-7,9-11,16H,1,8H2,2-3H3. The number of pyridine rings is 1. The molecule has 0 aliphatic heterocycles. The molecule has 100 valence electrons. The van der Waals surface area contributed by atoms with Gasteiger partial charge >= 0.3 is 0 Å². The van der Waals surface area contributed by atoms with Crippen LogP contribution in [0.25, 0.3) is 6.20 Å². The SMILES string of the molecule is C=Cn1cc(CNc2cccnc2OC(C)C)cn1. The van der Waals surface area contributed by atoms with Crippen molar-refractivity contribution in [2.24, 2.45) is 0 Å². The summed E-state index contributed by atoms with van der Waals surface area (Å²) in [5, 5.41) is 7.43. The number of nitrogens with zero attached hydrogens (tertiary/aromatic N) is 3. The molecule has 2 rings (SSSR count). The molecule has 0 radical (unpaired) electrons. The van der Waals surface area contributed by atoms with Gasteiger partial charge in [-0.15, -0.1) is 0 Å². The zero-order valence-electron chi connectivity index (χ0n) is 11.2. The molecule has 0 fully saturated rings. The van der Waals surface area contributed by atoms with Gasteiger partial charge in [-0.3, -0.25) is 0 Å². The molecular weight excluding hydrogens is 240 g/mol. The lowest BCUT2D eigenvalue weighted by molar-refractivity contribution is 0.234. The first-order valence-electron chi connectivity index (χ1n) is 6.20. The van der Waals surface area contributed by atoms with Crippen LogP contribution >= 0.6 is 0 Å². The third kappa shape index (κ3) is 3.58. The minimum atomic E-state index is 0.0963. The minimum absolute atomic E-state index is 0.0963. The van der Waals surface area contributed by atoms with Crippen LogP contribution in [0.3, 0.4) is 0 Å². The predicted molar refractivity (Wildman–Crippen MR) is 75.9 cm³/mol. The Morgan fingerprint density at radius 1 is 1.53 bits per heavy atom. The number of rotatable bonds is 6. The molecule has 0 amide bonds. The van der Waals surface area contributed by atoms with Gasteiger partial charge in [0, 0.05) is 30.7 Å². The van der Waals surface area contributed by atoms with Crippen molar-refractivity contribution in [2.75, 3.05) is 5.32 Å². The fourth-order valence-corrected chi connectivity index (χ4v) is 1.61. The van der Waals surface area contributed by atoms with Crippen molar-refractivity contribution in [1.82, 2.24) is 14.8 Å². The normalized spacial score (nSPS) is 10.5. The molecule has 0 aliphatic rings. The molecule has 0 atom stereocenters. The Labute approximate surface area is 112 Å². The molecule has 1 N–H and O–H groups in total. The Bertz CT molecular complexity index is 548. The van der Waals surface area contributed by atoms with Crippen molar-refractivity contribution in [1.29, 1.82) is 0 Å². The minimum Gasteiger partial charge on any atom is -0.473 e. The van der Waals surface area contributed by atoms with Crippen LogP contribution in [0.1, 0.15) is 19.4 Å². The van der Waals surface area contributed by atoms with Gasteiger partial charge in [-0.1, -0.05) is 6.58 Å². The van der Waals surface area contributed by atoms with Gasteiger partial charge in [0.1, 0.15) is 0 Å². The third-order valence-electron chi connectivity index (χ3n) is 2.44. The Balaban J connectivity index is 2.04. The summed E-state index contributed by atoms with van der Waals surface area (Å²) >= 11 is 0. The second-order valence-electron chi connectivity index (χ2n) is 4.39. The zero-order chi connectivity index (χ0) is 13.7. The molecule has 2 heterocycles. The first kappa shape index (κ1) is 13.1. The highest BCUT2D eigenvalue weighted by atomic mass is 16.5. The zero-order valence-corrected chi connectivity index (χ0v) is 11.2. The monoisotopic (exact) mass is 258 g/mol. The van der Waals surface area contributed by atoms with E-state index < -0.39 is 0 Å². The van der Waals surface area contributed by atoms with Crippen LogP contribution in [0.5, 0.6) is 5.88 Å². The second kappa shape index (κ2) is 6.04. The maximum absolute atomic E-state index is 5.65. The highest BCUT2D eigenvalue weighted by Crippen LogP contribution is 2.22. The van der Waals surface area contributed by atoms with Crippen LogP contribution in [-0.2, 0) is 6.54 Å². The number of hydrogen-bond donors (Lipinski definition) is 1. The van der Waals surface area contributed by atoms with Gasteiger partial charge in [-0.05, 0) is 26.0 Å². The van der Waals surface area contributed by atoms with Crippen molar-refractivity contribution < 1.29 is 4.74 Å². The molecule has 0 aliphatic carbocycles. The first-order valence-corrected chi connectivity index (χ1v) is 6.20. The fourth-order valence-electron chi connectivity index (χ4n) is 1.61. The summed E-state index contributed by atoms with van der Waals surface area (Å²) in [4.78, 5) is 4.23. The molecule has 0 saturated carbocycles. The Morgan fingerprint density at radius 2 is 2.37 bits per heavy atom. The largest absolute Gasteiger partial charge is 0.473 e. The maximum atomic E-state index is 5.65. The molecule has 0 saturated heterocycles. The molecule has 0 aromatic carbocycles. The van der Waals surface area contributed by atoms with Crippen LogP contribution in [0, 0.1) is 0 Å². The van der Waals surface area contributed by atoms with Gasteiger partial charge in [0.2, 0.25) is 5.88 Å². The average Bonchev–Trinajstić information content (AvgIpc) is 2.85. The highest BCUT2D eigenvalue weighted by molar-refractivity contribution is 5.52. The number of aromatic nitrogens is 3. The van der Waals surface area contributed by atoms with Crippen LogP contribution in [0.2, 0.25) is 0 Å². The molecule has 19 heavy (non-hydrogen) atoms. The van der Waals surface area contributed by atoms with E-state index in [0.29, 0.717) is 12.4 Å².